The summed E-state index contributed by atoms with van der Waals surface area (Å²) in [6, 6.07) is 5.22. The number of carboxylic acid groups (broad SMARTS) is 1. The lowest BCUT2D eigenvalue weighted by atomic mass is 10.0. The second-order valence-electron chi connectivity index (χ2n) is 8.63. The highest BCUT2D eigenvalue weighted by Gasteiger charge is 2.39. The summed E-state index contributed by atoms with van der Waals surface area (Å²) < 4.78 is 33.4. The first-order valence-corrected chi connectivity index (χ1v) is 11.3. The van der Waals surface area contributed by atoms with Gasteiger partial charge in [0.2, 0.25) is 11.8 Å². The van der Waals surface area contributed by atoms with Crippen LogP contribution in [0, 0.1) is 0 Å². The third-order valence-corrected chi connectivity index (χ3v) is 6.20. The van der Waals surface area contributed by atoms with E-state index in [4.69, 9.17) is 9.90 Å². The maximum atomic E-state index is 13.0. The second kappa shape index (κ2) is 10.0. The quantitative estimate of drug-likeness (QED) is 0.529. The van der Waals surface area contributed by atoms with Crippen LogP contribution in [0.4, 0.5) is 13.2 Å². The van der Waals surface area contributed by atoms with Crippen LogP contribution < -0.4 is 10.6 Å². The van der Waals surface area contributed by atoms with Gasteiger partial charge in [0.25, 0.3) is 5.91 Å². The highest BCUT2D eigenvalue weighted by atomic mass is 19.4. The van der Waals surface area contributed by atoms with Gasteiger partial charge in [-0.05, 0) is 43.5 Å². The lowest BCUT2D eigenvalue weighted by Gasteiger charge is -2.29. The molecule has 0 aliphatic carbocycles. The zero-order valence-electron chi connectivity index (χ0n) is 18.9. The van der Waals surface area contributed by atoms with Gasteiger partial charge in [-0.2, -0.15) is 13.2 Å². The molecule has 0 bridgehead atoms. The molecule has 0 spiro atoms. The van der Waals surface area contributed by atoms with Crippen molar-refractivity contribution >= 4 is 23.7 Å². The fourth-order valence-corrected chi connectivity index (χ4v) is 4.35. The molecule has 11 nitrogen and oxygen atoms in total. The van der Waals surface area contributed by atoms with E-state index in [-0.39, 0.29) is 24.3 Å². The Labute approximate surface area is 202 Å². The summed E-state index contributed by atoms with van der Waals surface area (Å²) in [4.78, 5) is 47.0. The molecule has 2 saturated heterocycles. The first kappa shape index (κ1) is 25.3. The van der Waals surface area contributed by atoms with E-state index in [1.54, 1.807) is 15.6 Å². The Morgan fingerprint density at radius 3 is 2.53 bits per heavy atom. The molecule has 4 heterocycles. The maximum absolute atomic E-state index is 13.0. The molecular weight excluding hydrogens is 485 g/mol. The zero-order chi connectivity index (χ0) is 26.0. The molecule has 3 amide bonds. The fourth-order valence-electron chi connectivity index (χ4n) is 4.35. The fraction of sp³-hybridized carbons (Fsp3) is 0.455. The van der Waals surface area contributed by atoms with Crippen LogP contribution in [0.2, 0.25) is 0 Å². The van der Waals surface area contributed by atoms with E-state index < -0.39 is 24.1 Å². The van der Waals surface area contributed by atoms with Gasteiger partial charge in [0.1, 0.15) is 11.7 Å². The summed E-state index contributed by atoms with van der Waals surface area (Å²) in [6.45, 7) is 1.36. The van der Waals surface area contributed by atoms with E-state index in [1.807, 2.05) is 18.3 Å². The molecule has 2 fully saturated rings. The first-order valence-electron chi connectivity index (χ1n) is 11.3. The number of amides is 3. The molecule has 2 aromatic rings. The van der Waals surface area contributed by atoms with Crippen LogP contribution in [0.15, 0.2) is 24.4 Å². The molecule has 0 saturated carbocycles. The standard InChI is InChI=1S/C20H22N6O3.C2HF3O2/c27-18-7-6-17(19(28)22-18)25-10-12-4-5-13(9-14(12)20(25)29)26-11-16(23-24-26)15-3-1-2-8-21-15;3-2(4,5)1(6)7/h4-5,9,11,15,17,21H,1-3,6-8,10H2,(H,22,27,28);(H,6,7). The number of nitrogens with zero attached hydrogens (tertiary/aromatic N) is 4. The average Bonchev–Trinajstić information content (AvgIpc) is 3.45. The van der Waals surface area contributed by atoms with Crippen LogP contribution in [-0.4, -0.2) is 67.5 Å². The lowest BCUT2D eigenvalue weighted by Crippen LogP contribution is -2.52. The summed E-state index contributed by atoms with van der Waals surface area (Å²) in [5.41, 5.74) is 3.11. The van der Waals surface area contributed by atoms with Crippen molar-refractivity contribution < 1.29 is 37.5 Å². The van der Waals surface area contributed by atoms with Gasteiger partial charge in [-0.1, -0.05) is 17.7 Å². The summed E-state index contributed by atoms with van der Waals surface area (Å²) in [5.74, 6) is -3.63. The molecule has 3 N–H and O–H groups in total. The molecule has 36 heavy (non-hydrogen) atoms. The van der Waals surface area contributed by atoms with Crippen molar-refractivity contribution in [2.45, 2.75) is 56.9 Å². The minimum absolute atomic E-state index is 0.189. The molecule has 3 aliphatic heterocycles. The van der Waals surface area contributed by atoms with Crippen LogP contribution in [-0.2, 0) is 20.9 Å². The van der Waals surface area contributed by atoms with Gasteiger partial charge >= 0.3 is 12.1 Å². The number of halogens is 3. The molecule has 5 rings (SSSR count). The van der Waals surface area contributed by atoms with Gasteiger partial charge in [0, 0.05) is 18.5 Å². The van der Waals surface area contributed by atoms with Gasteiger partial charge in [-0.25, -0.2) is 9.48 Å². The summed E-state index contributed by atoms with van der Waals surface area (Å²) in [6.07, 6.45) is 0.830. The van der Waals surface area contributed by atoms with Crippen molar-refractivity contribution in [2.24, 2.45) is 0 Å². The van der Waals surface area contributed by atoms with Crippen molar-refractivity contribution in [2.75, 3.05) is 6.54 Å². The third-order valence-electron chi connectivity index (χ3n) is 6.20. The Bertz CT molecular complexity index is 1190. The summed E-state index contributed by atoms with van der Waals surface area (Å²) >= 11 is 0. The van der Waals surface area contributed by atoms with Crippen LogP contribution in [0.5, 0.6) is 0 Å². The lowest BCUT2D eigenvalue weighted by molar-refractivity contribution is -0.192. The second-order valence-corrected chi connectivity index (χ2v) is 8.63. The largest absolute Gasteiger partial charge is 0.490 e. The molecule has 0 radical (unpaired) electrons. The molecule has 1 aromatic heterocycles. The van der Waals surface area contributed by atoms with Crippen molar-refractivity contribution in [1.82, 2.24) is 30.5 Å². The number of hydrogen-bond donors (Lipinski definition) is 3. The topological polar surface area (TPSA) is 147 Å². The third kappa shape index (κ3) is 5.37. The van der Waals surface area contributed by atoms with Gasteiger partial charge in [-0.15, -0.1) is 5.10 Å². The summed E-state index contributed by atoms with van der Waals surface area (Å²) in [5, 5.41) is 21.5. The molecule has 2 atom stereocenters. The Morgan fingerprint density at radius 2 is 1.89 bits per heavy atom. The predicted molar refractivity (Wildman–Crippen MR) is 116 cm³/mol. The minimum atomic E-state index is -5.08. The minimum Gasteiger partial charge on any atom is -0.475 e. The smallest absolute Gasteiger partial charge is 0.475 e. The molecule has 2 unspecified atom stereocenters. The zero-order valence-corrected chi connectivity index (χ0v) is 18.9. The number of carbonyl (C=O) groups excluding carboxylic acids is 3. The van der Waals surface area contributed by atoms with Crippen LogP contribution in [0.25, 0.3) is 5.69 Å². The van der Waals surface area contributed by atoms with Crippen LogP contribution in [0.3, 0.4) is 0 Å². The number of hydrogen-bond acceptors (Lipinski definition) is 7. The Balaban J connectivity index is 0.000000384. The number of piperidine rings is 2. The number of imide groups is 1. The number of aliphatic carboxylic acids is 1. The number of fused-ring (bicyclic) bond motifs is 1. The van der Waals surface area contributed by atoms with E-state index in [2.05, 4.69) is 20.9 Å². The van der Waals surface area contributed by atoms with E-state index in [1.165, 1.54) is 12.8 Å². The average molecular weight is 508 g/mol. The molecular formula is C22H23F3N6O5. The Hall–Kier alpha value is -3.81. The SMILES string of the molecule is O=C(O)C(F)(F)F.O=C1CCC(N2Cc3ccc(-n4cc(C5CCCCN5)nn4)cc3C2=O)C(=O)N1. The molecule has 3 aliphatic rings. The van der Waals surface area contributed by atoms with Crippen LogP contribution in [0.1, 0.15) is 59.8 Å². The van der Waals surface area contributed by atoms with Gasteiger partial charge in [0.15, 0.2) is 0 Å². The normalized spacial score (nSPS) is 22.0. The Morgan fingerprint density at radius 1 is 1.14 bits per heavy atom. The van der Waals surface area contributed by atoms with Gasteiger partial charge in [0.05, 0.1) is 17.9 Å². The predicted octanol–water partition coefficient (Wildman–Crippen LogP) is 1.48. The highest BCUT2D eigenvalue weighted by molar-refractivity contribution is 6.05. The van der Waals surface area contributed by atoms with Gasteiger partial charge in [-0.3, -0.25) is 19.7 Å². The Kier molecular flexibility index (Phi) is 7.06. The molecule has 1 aromatic carbocycles. The number of aromatic nitrogens is 3. The number of rotatable bonds is 3. The number of carbonyl (C=O) groups is 4. The number of benzene rings is 1. The number of carboxylic acids is 1. The first-order chi connectivity index (χ1) is 17.0. The van der Waals surface area contributed by atoms with Crippen molar-refractivity contribution in [1.29, 1.82) is 0 Å². The molecule has 192 valence electrons. The van der Waals surface area contributed by atoms with E-state index in [9.17, 15) is 27.6 Å². The highest BCUT2D eigenvalue weighted by Crippen LogP contribution is 2.29. The summed E-state index contributed by atoms with van der Waals surface area (Å²) in [7, 11) is 0. The van der Waals surface area contributed by atoms with E-state index in [0.717, 1.165) is 29.9 Å². The monoisotopic (exact) mass is 508 g/mol. The number of nitrogens with one attached hydrogen (secondary N) is 2. The van der Waals surface area contributed by atoms with Crippen LogP contribution >= 0.6 is 0 Å². The van der Waals surface area contributed by atoms with Crippen molar-refractivity contribution in [3.05, 3.63) is 41.2 Å². The molecule has 14 heteroatoms. The van der Waals surface area contributed by atoms with E-state index >= 15 is 0 Å². The van der Waals surface area contributed by atoms with Crippen molar-refractivity contribution in [3.63, 3.8) is 0 Å². The van der Waals surface area contributed by atoms with E-state index in [0.29, 0.717) is 18.5 Å². The van der Waals surface area contributed by atoms with Gasteiger partial charge < -0.3 is 15.3 Å². The number of alkyl halides is 3. The maximum Gasteiger partial charge on any atom is 0.490 e. The van der Waals surface area contributed by atoms with Crippen molar-refractivity contribution in [3.8, 4) is 5.69 Å².